The molecule has 0 unspecified atom stereocenters. The summed E-state index contributed by atoms with van der Waals surface area (Å²) in [5, 5.41) is 3.42. The van der Waals surface area contributed by atoms with Gasteiger partial charge in [0, 0.05) is 18.4 Å². The van der Waals surface area contributed by atoms with Crippen molar-refractivity contribution < 1.29 is 9.53 Å². The highest BCUT2D eigenvalue weighted by Gasteiger charge is 2.32. The summed E-state index contributed by atoms with van der Waals surface area (Å²) in [7, 11) is 3.67. The van der Waals surface area contributed by atoms with Gasteiger partial charge < -0.3 is 10.1 Å². The summed E-state index contributed by atoms with van der Waals surface area (Å²) >= 11 is 0. The number of nitrogens with one attached hydrogen (secondary N) is 1. The van der Waals surface area contributed by atoms with Gasteiger partial charge in [-0.3, -0.25) is 4.79 Å². The van der Waals surface area contributed by atoms with Crippen LogP contribution < -0.4 is 10.1 Å². The molecule has 116 valence electrons. The number of methoxy groups -OCH3 is 1. The van der Waals surface area contributed by atoms with Gasteiger partial charge in [-0.2, -0.15) is 0 Å². The third kappa shape index (κ3) is 4.57. The van der Waals surface area contributed by atoms with Crippen LogP contribution in [0.1, 0.15) is 50.5 Å². The van der Waals surface area contributed by atoms with E-state index in [-0.39, 0.29) is 5.54 Å². The molecule has 0 atom stereocenters. The molecule has 3 nitrogen and oxygen atoms in total. The van der Waals surface area contributed by atoms with Gasteiger partial charge in [0.2, 0.25) is 0 Å². The molecule has 1 aliphatic carbocycles. The Bertz CT molecular complexity index is 447. The van der Waals surface area contributed by atoms with Crippen LogP contribution in [-0.2, 0) is 11.2 Å². The molecule has 1 saturated carbocycles. The molecule has 1 aromatic carbocycles. The zero-order chi connectivity index (χ0) is 15.1. The molecule has 3 heteroatoms. The highest BCUT2D eigenvalue weighted by Crippen LogP contribution is 2.31. The molecule has 0 spiro atoms. The number of rotatable bonds is 7. The Hall–Kier alpha value is -1.35. The minimum atomic E-state index is 0.0647. The van der Waals surface area contributed by atoms with Crippen molar-refractivity contribution in [2.24, 2.45) is 0 Å². The molecular formula is C18H27NO2. The second-order valence-corrected chi connectivity index (χ2v) is 6.15. The van der Waals surface area contributed by atoms with Crippen molar-refractivity contribution in [3.05, 3.63) is 29.8 Å². The predicted molar refractivity (Wildman–Crippen MR) is 85.8 cm³/mol. The van der Waals surface area contributed by atoms with Crippen molar-refractivity contribution in [3.63, 3.8) is 0 Å². The van der Waals surface area contributed by atoms with Gasteiger partial charge in [-0.25, -0.2) is 0 Å². The third-order valence-electron chi connectivity index (χ3n) is 4.73. The Kier molecular flexibility index (Phi) is 5.80. The van der Waals surface area contributed by atoms with E-state index in [9.17, 15) is 4.79 Å². The Labute approximate surface area is 128 Å². The summed E-state index contributed by atoms with van der Waals surface area (Å²) in [6.07, 6.45) is 8.20. The van der Waals surface area contributed by atoms with Crippen molar-refractivity contribution >= 4 is 5.78 Å². The van der Waals surface area contributed by atoms with Gasteiger partial charge in [-0.1, -0.05) is 31.4 Å². The van der Waals surface area contributed by atoms with Crippen LogP contribution in [0.25, 0.3) is 0 Å². The Morgan fingerprint density at radius 1 is 1.19 bits per heavy atom. The summed E-state index contributed by atoms with van der Waals surface area (Å²) in [6, 6.07) is 7.99. The van der Waals surface area contributed by atoms with Crippen LogP contribution >= 0.6 is 0 Å². The molecule has 0 heterocycles. The van der Waals surface area contributed by atoms with Crippen LogP contribution in [0, 0.1) is 0 Å². The van der Waals surface area contributed by atoms with Gasteiger partial charge in [0.25, 0.3) is 0 Å². The van der Waals surface area contributed by atoms with Gasteiger partial charge in [-0.15, -0.1) is 0 Å². The Morgan fingerprint density at radius 3 is 2.43 bits per heavy atom. The first-order valence-corrected chi connectivity index (χ1v) is 8.01. The van der Waals surface area contributed by atoms with E-state index in [2.05, 4.69) is 5.32 Å². The molecule has 2 rings (SSSR count). The summed E-state index contributed by atoms with van der Waals surface area (Å²) < 4.78 is 5.15. The maximum atomic E-state index is 12.3. The van der Waals surface area contributed by atoms with Gasteiger partial charge in [0.15, 0.2) is 0 Å². The SMILES string of the molecule is CNC1(CC(=O)CCc2ccc(OC)cc2)CCCCC1. The van der Waals surface area contributed by atoms with Crippen molar-refractivity contribution in [2.45, 2.75) is 56.9 Å². The zero-order valence-electron chi connectivity index (χ0n) is 13.3. The number of aryl methyl sites for hydroxylation is 1. The van der Waals surface area contributed by atoms with E-state index in [1.807, 2.05) is 31.3 Å². The highest BCUT2D eigenvalue weighted by atomic mass is 16.5. The number of hydrogen-bond donors (Lipinski definition) is 1. The lowest BCUT2D eigenvalue weighted by atomic mass is 9.78. The van der Waals surface area contributed by atoms with Crippen LogP contribution in [-0.4, -0.2) is 25.5 Å². The fourth-order valence-corrected chi connectivity index (χ4v) is 3.29. The number of Topliss-reactive ketones (excluding diaryl/α,β-unsaturated/α-hetero) is 1. The smallest absolute Gasteiger partial charge is 0.135 e. The van der Waals surface area contributed by atoms with E-state index in [1.54, 1.807) is 7.11 Å². The molecule has 0 amide bonds. The first-order chi connectivity index (χ1) is 10.2. The summed E-state index contributed by atoms with van der Waals surface area (Å²) in [4.78, 5) is 12.3. The highest BCUT2D eigenvalue weighted by molar-refractivity contribution is 5.79. The van der Waals surface area contributed by atoms with Crippen LogP contribution in [0.3, 0.4) is 0 Å². The topological polar surface area (TPSA) is 38.3 Å². The fraction of sp³-hybridized carbons (Fsp3) is 0.611. The fourth-order valence-electron chi connectivity index (χ4n) is 3.29. The van der Waals surface area contributed by atoms with Crippen LogP contribution in [0.5, 0.6) is 5.75 Å². The minimum absolute atomic E-state index is 0.0647. The van der Waals surface area contributed by atoms with Crippen molar-refractivity contribution in [3.8, 4) is 5.75 Å². The molecule has 0 aliphatic heterocycles. The zero-order valence-corrected chi connectivity index (χ0v) is 13.3. The quantitative estimate of drug-likeness (QED) is 0.835. The molecule has 1 aliphatic rings. The first-order valence-electron chi connectivity index (χ1n) is 8.01. The predicted octanol–water partition coefficient (Wildman–Crippen LogP) is 3.51. The average molecular weight is 289 g/mol. The van der Waals surface area contributed by atoms with Crippen LogP contribution in [0.2, 0.25) is 0 Å². The molecule has 0 saturated heterocycles. The average Bonchev–Trinajstić information content (AvgIpc) is 2.54. The molecule has 1 N–H and O–H groups in total. The lowest BCUT2D eigenvalue weighted by Gasteiger charge is -2.36. The first kappa shape index (κ1) is 16.0. The second-order valence-electron chi connectivity index (χ2n) is 6.15. The van der Waals surface area contributed by atoms with Gasteiger partial charge in [0.05, 0.1) is 7.11 Å². The lowest BCUT2D eigenvalue weighted by Crippen LogP contribution is -2.46. The normalized spacial score (nSPS) is 17.4. The number of carbonyl (C=O) groups is 1. The van der Waals surface area contributed by atoms with E-state index in [4.69, 9.17) is 4.74 Å². The number of benzene rings is 1. The minimum Gasteiger partial charge on any atom is -0.497 e. The van der Waals surface area contributed by atoms with Crippen LogP contribution in [0.15, 0.2) is 24.3 Å². The number of hydrogen-bond acceptors (Lipinski definition) is 3. The number of ketones is 1. The molecular weight excluding hydrogens is 262 g/mol. The number of ether oxygens (including phenoxy) is 1. The van der Waals surface area contributed by atoms with E-state index >= 15 is 0 Å². The van der Waals surface area contributed by atoms with E-state index in [0.29, 0.717) is 18.6 Å². The third-order valence-corrected chi connectivity index (χ3v) is 4.73. The molecule has 0 bridgehead atoms. The van der Waals surface area contributed by atoms with Gasteiger partial charge in [0.1, 0.15) is 11.5 Å². The number of carbonyl (C=O) groups excluding carboxylic acids is 1. The maximum absolute atomic E-state index is 12.3. The largest absolute Gasteiger partial charge is 0.497 e. The van der Waals surface area contributed by atoms with Crippen molar-refractivity contribution in [1.29, 1.82) is 0 Å². The van der Waals surface area contributed by atoms with Crippen LogP contribution in [0.4, 0.5) is 0 Å². The maximum Gasteiger partial charge on any atom is 0.135 e. The summed E-state index contributed by atoms with van der Waals surface area (Å²) in [6.45, 7) is 0. The van der Waals surface area contributed by atoms with Crippen molar-refractivity contribution in [1.82, 2.24) is 5.32 Å². The van der Waals surface area contributed by atoms with E-state index in [1.165, 1.54) is 24.8 Å². The van der Waals surface area contributed by atoms with Gasteiger partial charge in [-0.05, 0) is 44.0 Å². The lowest BCUT2D eigenvalue weighted by molar-refractivity contribution is -0.120. The van der Waals surface area contributed by atoms with Crippen molar-refractivity contribution in [2.75, 3.05) is 14.2 Å². The Balaban J connectivity index is 1.83. The second kappa shape index (κ2) is 7.60. The Morgan fingerprint density at radius 2 is 1.86 bits per heavy atom. The molecule has 0 aromatic heterocycles. The molecule has 21 heavy (non-hydrogen) atoms. The van der Waals surface area contributed by atoms with E-state index < -0.39 is 0 Å². The standard InChI is InChI=1S/C18H27NO2/c1-19-18(12-4-3-5-13-18)14-16(20)9-6-15-7-10-17(21-2)11-8-15/h7-8,10-11,19H,3-6,9,12-14H2,1-2H3. The molecule has 1 aromatic rings. The van der Waals surface area contributed by atoms with Gasteiger partial charge >= 0.3 is 0 Å². The molecule has 0 radical (unpaired) electrons. The monoisotopic (exact) mass is 289 g/mol. The molecule has 1 fully saturated rings. The summed E-state index contributed by atoms with van der Waals surface area (Å²) in [5.74, 6) is 1.24. The summed E-state index contributed by atoms with van der Waals surface area (Å²) in [5.41, 5.74) is 1.27. The van der Waals surface area contributed by atoms with E-state index in [0.717, 1.165) is 25.0 Å².